The van der Waals surface area contributed by atoms with Crippen molar-refractivity contribution in [1.29, 1.82) is 0 Å². The normalized spacial score (nSPS) is 16.2. The maximum absolute atomic E-state index is 12.2. The molecule has 1 heterocycles. The second-order valence-corrected chi connectivity index (χ2v) is 6.67. The quantitative estimate of drug-likeness (QED) is 0.694. The molecule has 0 unspecified atom stereocenters. The van der Waals surface area contributed by atoms with Gasteiger partial charge in [-0.25, -0.2) is 9.79 Å². The van der Waals surface area contributed by atoms with Gasteiger partial charge in [-0.15, -0.1) is 0 Å². The lowest BCUT2D eigenvalue weighted by atomic mass is 10.2. The molecule has 1 amide bonds. The molecule has 2 N–H and O–H groups in total. The highest BCUT2D eigenvalue weighted by atomic mass is 32.2. The number of aliphatic carboxylic acids is 1. The Labute approximate surface area is 166 Å². The fourth-order valence-corrected chi connectivity index (χ4v) is 3.23. The van der Waals surface area contributed by atoms with E-state index in [9.17, 15) is 9.59 Å². The Hall–Kier alpha value is -3.26. The molecule has 1 aliphatic heterocycles. The number of carbonyl (C=O) groups is 2. The molecule has 2 aromatic rings. The molecule has 0 saturated carbocycles. The van der Waals surface area contributed by atoms with Crippen LogP contribution < -0.4 is 14.8 Å². The molecule has 2 aromatic carbocycles. The zero-order valence-electron chi connectivity index (χ0n) is 15.0. The summed E-state index contributed by atoms with van der Waals surface area (Å²) in [5, 5.41) is 12.0. The summed E-state index contributed by atoms with van der Waals surface area (Å²) in [4.78, 5) is 27.8. The van der Waals surface area contributed by atoms with E-state index >= 15 is 0 Å². The largest absolute Gasteiger partial charge is 0.490 e. The van der Waals surface area contributed by atoms with Crippen molar-refractivity contribution in [3.8, 4) is 11.5 Å². The predicted octanol–water partition coefficient (Wildman–Crippen LogP) is 3.44. The highest BCUT2D eigenvalue weighted by Gasteiger charge is 2.24. The van der Waals surface area contributed by atoms with Gasteiger partial charge in [-0.05, 0) is 54.6 Å². The highest BCUT2D eigenvalue weighted by molar-refractivity contribution is 8.18. The van der Waals surface area contributed by atoms with Gasteiger partial charge in [0.2, 0.25) is 0 Å². The molecule has 1 fully saturated rings. The van der Waals surface area contributed by atoms with Crippen LogP contribution in [-0.2, 0) is 9.59 Å². The van der Waals surface area contributed by atoms with E-state index in [0.717, 1.165) is 11.3 Å². The van der Waals surface area contributed by atoms with Crippen LogP contribution in [0.2, 0.25) is 0 Å². The van der Waals surface area contributed by atoms with Crippen molar-refractivity contribution in [1.82, 2.24) is 5.32 Å². The van der Waals surface area contributed by atoms with Crippen molar-refractivity contribution in [2.24, 2.45) is 4.99 Å². The number of amidine groups is 1. The fourth-order valence-electron chi connectivity index (χ4n) is 2.39. The molecule has 3 rings (SSSR count). The van der Waals surface area contributed by atoms with E-state index in [2.05, 4.69) is 10.3 Å². The number of carboxylic acid groups (broad SMARTS) is 1. The summed E-state index contributed by atoms with van der Waals surface area (Å²) < 4.78 is 10.8. The maximum Gasteiger partial charge on any atom is 0.341 e. The number of hydrogen-bond donors (Lipinski definition) is 2. The van der Waals surface area contributed by atoms with Crippen LogP contribution in [0.25, 0.3) is 6.08 Å². The van der Waals surface area contributed by atoms with Crippen molar-refractivity contribution in [2.45, 2.75) is 6.92 Å². The van der Waals surface area contributed by atoms with Crippen molar-refractivity contribution in [3.63, 3.8) is 0 Å². The van der Waals surface area contributed by atoms with Crippen molar-refractivity contribution < 1.29 is 24.2 Å². The van der Waals surface area contributed by atoms with Crippen LogP contribution in [0.1, 0.15) is 12.5 Å². The first-order valence-electron chi connectivity index (χ1n) is 8.51. The first kappa shape index (κ1) is 19.5. The van der Waals surface area contributed by atoms with Crippen LogP contribution in [0, 0.1) is 0 Å². The molecule has 28 heavy (non-hydrogen) atoms. The Morgan fingerprint density at radius 2 is 1.96 bits per heavy atom. The van der Waals surface area contributed by atoms with Gasteiger partial charge in [-0.3, -0.25) is 4.79 Å². The number of thioether (sulfide) groups is 1. The number of benzene rings is 2. The van der Waals surface area contributed by atoms with Crippen LogP contribution >= 0.6 is 11.8 Å². The van der Waals surface area contributed by atoms with Gasteiger partial charge < -0.3 is 19.9 Å². The molecule has 0 radical (unpaired) electrons. The number of nitrogens with one attached hydrogen (secondary N) is 1. The topological polar surface area (TPSA) is 97.2 Å². The van der Waals surface area contributed by atoms with E-state index in [0.29, 0.717) is 28.2 Å². The SMILES string of the molecule is CCOc1cc(/C=C2/SC(=Nc3ccccc3)NC2=O)ccc1OCC(=O)O. The average molecular weight is 398 g/mol. The van der Waals surface area contributed by atoms with Gasteiger partial charge in [0.25, 0.3) is 5.91 Å². The van der Waals surface area contributed by atoms with E-state index in [1.54, 1.807) is 24.3 Å². The molecule has 8 heteroatoms. The van der Waals surface area contributed by atoms with Gasteiger partial charge in [0, 0.05) is 0 Å². The zero-order chi connectivity index (χ0) is 19.9. The fraction of sp³-hybridized carbons (Fsp3) is 0.150. The second kappa shape index (κ2) is 9.09. The Kier molecular flexibility index (Phi) is 6.33. The number of hydrogen-bond acceptors (Lipinski definition) is 6. The molecule has 144 valence electrons. The van der Waals surface area contributed by atoms with Crippen molar-refractivity contribution in [2.75, 3.05) is 13.2 Å². The van der Waals surface area contributed by atoms with E-state index in [-0.39, 0.29) is 5.91 Å². The van der Waals surface area contributed by atoms with Crippen molar-refractivity contribution in [3.05, 3.63) is 59.0 Å². The lowest BCUT2D eigenvalue weighted by molar-refractivity contribution is -0.139. The van der Waals surface area contributed by atoms with Gasteiger partial charge in [-0.1, -0.05) is 24.3 Å². The van der Waals surface area contributed by atoms with Crippen molar-refractivity contribution >= 4 is 40.6 Å². The minimum absolute atomic E-state index is 0.233. The maximum atomic E-state index is 12.2. The number of ether oxygens (including phenoxy) is 2. The summed E-state index contributed by atoms with van der Waals surface area (Å²) in [7, 11) is 0. The number of rotatable bonds is 7. The number of nitrogens with zero attached hydrogens (tertiary/aromatic N) is 1. The number of para-hydroxylation sites is 1. The predicted molar refractivity (Wildman–Crippen MR) is 108 cm³/mol. The molecule has 0 aromatic heterocycles. The van der Waals surface area contributed by atoms with Gasteiger partial charge >= 0.3 is 5.97 Å². The minimum Gasteiger partial charge on any atom is -0.490 e. The summed E-state index contributed by atoms with van der Waals surface area (Å²) in [6.07, 6.45) is 1.72. The number of amides is 1. The molecule has 0 spiro atoms. The first-order valence-corrected chi connectivity index (χ1v) is 9.33. The molecule has 0 atom stereocenters. The monoisotopic (exact) mass is 398 g/mol. The van der Waals surface area contributed by atoms with E-state index in [1.165, 1.54) is 11.8 Å². The standard InChI is InChI=1S/C20H18N2O5S/c1-2-26-16-10-13(8-9-15(16)27-12-18(23)24)11-17-19(25)22-20(28-17)21-14-6-4-3-5-7-14/h3-11H,2,12H2,1H3,(H,23,24)(H,21,22,25)/b17-11+. The lowest BCUT2D eigenvalue weighted by Gasteiger charge is -2.11. The zero-order valence-corrected chi connectivity index (χ0v) is 15.9. The molecule has 0 aliphatic carbocycles. The molecule has 1 aliphatic rings. The van der Waals surface area contributed by atoms with Gasteiger partial charge in [0.1, 0.15) is 0 Å². The summed E-state index contributed by atoms with van der Waals surface area (Å²) in [6.45, 7) is 1.75. The second-order valence-electron chi connectivity index (χ2n) is 5.64. The van der Waals surface area contributed by atoms with E-state index in [4.69, 9.17) is 14.6 Å². The third kappa shape index (κ3) is 5.14. The highest BCUT2D eigenvalue weighted by Crippen LogP contribution is 2.32. The first-order chi connectivity index (χ1) is 13.5. The third-order valence-electron chi connectivity index (χ3n) is 3.55. The number of aliphatic imine (C=N–C) groups is 1. The summed E-state index contributed by atoms with van der Waals surface area (Å²) in [5.41, 5.74) is 1.48. The Bertz CT molecular complexity index is 941. The molecule has 7 nitrogen and oxygen atoms in total. The molecular weight excluding hydrogens is 380 g/mol. The van der Waals surface area contributed by atoms with Crippen LogP contribution in [0.15, 0.2) is 58.4 Å². The van der Waals surface area contributed by atoms with Gasteiger partial charge in [-0.2, -0.15) is 0 Å². The summed E-state index contributed by atoms with van der Waals surface area (Å²) in [6, 6.07) is 14.4. The van der Waals surface area contributed by atoms with Crippen LogP contribution in [-0.4, -0.2) is 35.4 Å². The van der Waals surface area contributed by atoms with Gasteiger partial charge in [0.05, 0.1) is 17.2 Å². The average Bonchev–Trinajstić information content (AvgIpc) is 3.01. The third-order valence-corrected chi connectivity index (χ3v) is 4.46. The Morgan fingerprint density at radius 1 is 1.18 bits per heavy atom. The summed E-state index contributed by atoms with van der Waals surface area (Å²) >= 11 is 1.25. The number of carboxylic acids is 1. The number of carbonyl (C=O) groups excluding carboxylic acids is 1. The minimum atomic E-state index is -1.07. The summed E-state index contributed by atoms with van der Waals surface area (Å²) in [5.74, 6) is -0.553. The van der Waals surface area contributed by atoms with Gasteiger partial charge in [0.15, 0.2) is 23.3 Å². The van der Waals surface area contributed by atoms with E-state index < -0.39 is 12.6 Å². The van der Waals surface area contributed by atoms with Crippen LogP contribution in [0.5, 0.6) is 11.5 Å². The Balaban J connectivity index is 1.80. The van der Waals surface area contributed by atoms with Crippen LogP contribution in [0.3, 0.4) is 0 Å². The Morgan fingerprint density at radius 3 is 2.68 bits per heavy atom. The smallest absolute Gasteiger partial charge is 0.341 e. The molecule has 1 saturated heterocycles. The molecule has 0 bridgehead atoms. The van der Waals surface area contributed by atoms with E-state index in [1.807, 2.05) is 37.3 Å². The lowest BCUT2D eigenvalue weighted by Crippen LogP contribution is -2.19. The molecular formula is C20H18N2O5S. The van der Waals surface area contributed by atoms with Crippen LogP contribution in [0.4, 0.5) is 5.69 Å².